The number of likely N-dealkylation sites (N-methyl/N-ethyl adjacent to an activating group) is 1. The minimum atomic E-state index is -0.388. The highest BCUT2D eigenvalue weighted by Crippen LogP contribution is 2.29. The monoisotopic (exact) mass is 395 g/mol. The Morgan fingerprint density at radius 2 is 1.62 bits per heavy atom. The Hall–Kier alpha value is -2.86. The molecule has 0 unspecified atom stereocenters. The summed E-state index contributed by atoms with van der Waals surface area (Å²) in [5.41, 5.74) is 3.67. The molecule has 2 aromatic carbocycles. The van der Waals surface area contributed by atoms with E-state index in [-0.39, 0.29) is 11.9 Å². The van der Waals surface area contributed by atoms with Crippen molar-refractivity contribution in [3.63, 3.8) is 0 Å². The van der Waals surface area contributed by atoms with E-state index in [4.69, 9.17) is 4.74 Å². The average molecular weight is 396 g/mol. The molecule has 3 rings (SSSR count). The van der Waals surface area contributed by atoms with Gasteiger partial charge in [0, 0.05) is 31.7 Å². The van der Waals surface area contributed by atoms with Gasteiger partial charge in [0.05, 0.1) is 23.5 Å². The quantitative estimate of drug-likeness (QED) is 0.758. The number of carbonyl (C=O) groups excluding carboxylic acids is 2. The Morgan fingerprint density at radius 1 is 0.966 bits per heavy atom. The zero-order valence-corrected chi connectivity index (χ0v) is 17.4. The maximum Gasteiger partial charge on any atom is 0.338 e. The van der Waals surface area contributed by atoms with Crippen LogP contribution in [0.1, 0.15) is 40.1 Å². The molecule has 154 valence electrons. The number of nitrogens with zero attached hydrogens (tertiary/aromatic N) is 2. The maximum absolute atomic E-state index is 12.8. The normalized spacial score (nSPS) is 14.5. The standard InChI is InChI=1S/C23H29N3O3/c1-4-25-12-14-26(15-13-25)21-11-10-19(23(28)29-5-2)16-20(21)24-22(27)18-8-6-17(3)7-9-18/h6-11,16H,4-5,12-15H2,1-3H3,(H,24,27). The molecule has 6 heteroatoms. The molecule has 1 aliphatic rings. The van der Waals surface area contributed by atoms with E-state index in [1.165, 1.54) is 0 Å². The highest BCUT2D eigenvalue weighted by atomic mass is 16.5. The first-order valence-corrected chi connectivity index (χ1v) is 10.2. The van der Waals surface area contributed by atoms with Crippen LogP contribution in [0, 0.1) is 6.92 Å². The van der Waals surface area contributed by atoms with E-state index in [9.17, 15) is 9.59 Å². The Labute approximate surface area is 172 Å². The summed E-state index contributed by atoms with van der Waals surface area (Å²) in [4.78, 5) is 29.7. The third kappa shape index (κ3) is 5.15. The number of nitrogens with one attached hydrogen (secondary N) is 1. The predicted molar refractivity (Wildman–Crippen MR) is 116 cm³/mol. The van der Waals surface area contributed by atoms with Gasteiger partial charge in [-0.3, -0.25) is 4.79 Å². The lowest BCUT2D eigenvalue weighted by Crippen LogP contribution is -2.46. The molecule has 0 bridgehead atoms. The third-order valence-corrected chi connectivity index (χ3v) is 5.23. The van der Waals surface area contributed by atoms with Gasteiger partial charge in [-0.1, -0.05) is 24.6 Å². The number of amides is 1. The van der Waals surface area contributed by atoms with E-state index >= 15 is 0 Å². The Bertz CT molecular complexity index is 856. The molecule has 1 saturated heterocycles. The average Bonchev–Trinajstić information content (AvgIpc) is 2.74. The fourth-order valence-corrected chi connectivity index (χ4v) is 3.46. The molecule has 1 heterocycles. The number of piperazine rings is 1. The van der Waals surface area contributed by atoms with Gasteiger partial charge in [0.25, 0.3) is 5.91 Å². The van der Waals surface area contributed by atoms with E-state index in [1.54, 1.807) is 31.2 Å². The number of rotatable bonds is 6. The summed E-state index contributed by atoms with van der Waals surface area (Å²) in [6, 6.07) is 12.8. The Kier molecular flexibility index (Phi) is 6.88. The lowest BCUT2D eigenvalue weighted by Gasteiger charge is -2.36. The molecule has 0 atom stereocenters. The molecule has 1 aliphatic heterocycles. The molecule has 0 aliphatic carbocycles. The van der Waals surface area contributed by atoms with E-state index in [0.717, 1.165) is 44.0 Å². The number of ether oxygens (including phenoxy) is 1. The second-order valence-corrected chi connectivity index (χ2v) is 7.19. The van der Waals surface area contributed by atoms with Crippen molar-refractivity contribution in [1.29, 1.82) is 0 Å². The number of anilines is 2. The summed E-state index contributed by atoms with van der Waals surface area (Å²) in [5.74, 6) is -0.583. The Morgan fingerprint density at radius 3 is 2.24 bits per heavy atom. The largest absolute Gasteiger partial charge is 0.462 e. The first-order chi connectivity index (χ1) is 14.0. The van der Waals surface area contributed by atoms with Gasteiger partial charge >= 0.3 is 5.97 Å². The van der Waals surface area contributed by atoms with Crippen LogP contribution in [-0.4, -0.2) is 56.1 Å². The predicted octanol–water partition coefficient (Wildman–Crippen LogP) is 3.57. The molecule has 0 saturated carbocycles. The number of hydrogen-bond acceptors (Lipinski definition) is 5. The van der Waals surface area contributed by atoms with Crippen molar-refractivity contribution in [1.82, 2.24) is 4.90 Å². The van der Waals surface area contributed by atoms with Crippen LogP contribution in [0.15, 0.2) is 42.5 Å². The van der Waals surface area contributed by atoms with E-state index in [1.807, 2.05) is 25.1 Å². The summed E-state index contributed by atoms with van der Waals surface area (Å²) >= 11 is 0. The van der Waals surface area contributed by atoms with Crippen molar-refractivity contribution in [2.24, 2.45) is 0 Å². The topological polar surface area (TPSA) is 61.9 Å². The fraction of sp³-hybridized carbons (Fsp3) is 0.391. The minimum Gasteiger partial charge on any atom is -0.462 e. The van der Waals surface area contributed by atoms with Crippen LogP contribution in [0.4, 0.5) is 11.4 Å². The third-order valence-electron chi connectivity index (χ3n) is 5.23. The van der Waals surface area contributed by atoms with Crippen LogP contribution < -0.4 is 10.2 Å². The second-order valence-electron chi connectivity index (χ2n) is 7.19. The first kappa shape index (κ1) is 20.9. The van der Waals surface area contributed by atoms with Crippen molar-refractivity contribution >= 4 is 23.3 Å². The molecule has 1 fully saturated rings. The molecule has 6 nitrogen and oxygen atoms in total. The van der Waals surface area contributed by atoms with Crippen LogP contribution in [0.5, 0.6) is 0 Å². The van der Waals surface area contributed by atoms with Gasteiger partial charge in [-0.2, -0.15) is 0 Å². The summed E-state index contributed by atoms with van der Waals surface area (Å²) in [5, 5.41) is 3.00. The molecule has 0 spiro atoms. The first-order valence-electron chi connectivity index (χ1n) is 10.2. The van der Waals surface area contributed by atoms with Gasteiger partial charge in [0.2, 0.25) is 0 Å². The summed E-state index contributed by atoms with van der Waals surface area (Å²) in [6.07, 6.45) is 0. The number of hydrogen-bond donors (Lipinski definition) is 1. The molecule has 2 aromatic rings. The second kappa shape index (κ2) is 9.56. The molecule has 29 heavy (non-hydrogen) atoms. The molecular formula is C23H29N3O3. The van der Waals surface area contributed by atoms with E-state index in [2.05, 4.69) is 22.0 Å². The van der Waals surface area contributed by atoms with Crippen molar-refractivity contribution in [2.45, 2.75) is 20.8 Å². The van der Waals surface area contributed by atoms with Crippen LogP contribution in [-0.2, 0) is 4.74 Å². The molecule has 0 radical (unpaired) electrons. The van der Waals surface area contributed by atoms with Crippen LogP contribution in [0.3, 0.4) is 0 Å². The van der Waals surface area contributed by atoms with E-state index < -0.39 is 0 Å². The van der Waals surface area contributed by atoms with Gasteiger partial charge in [0.15, 0.2) is 0 Å². The van der Waals surface area contributed by atoms with Gasteiger partial charge in [-0.25, -0.2) is 4.79 Å². The minimum absolute atomic E-state index is 0.195. The van der Waals surface area contributed by atoms with Gasteiger partial charge < -0.3 is 19.9 Å². The van der Waals surface area contributed by atoms with Crippen molar-refractivity contribution in [2.75, 3.05) is 49.5 Å². The molecule has 1 N–H and O–H groups in total. The van der Waals surface area contributed by atoms with E-state index in [0.29, 0.717) is 23.4 Å². The van der Waals surface area contributed by atoms with Crippen LogP contribution in [0.25, 0.3) is 0 Å². The molecular weight excluding hydrogens is 366 g/mol. The summed E-state index contributed by atoms with van der Waals surface area (Å²) in [6.45, 7) is 11.0. The van der Waals surface area contributed by atoms with Crippen molar-refractivity contribution in [3.05, 3.63) is 59.2 Å². The van der Waals surface area contributed by atoms with Gasteiger partial charge in [-0.15, -0.1) is 0 Å². The van der Waals surface area contributed by atoms with Gasteiger partial charge in [-0.05, 0) is 50.7 Å². The molecule has 1 amide bonds. The van der Waals surface area contributed by atoms with Crippen molar-refractivity contribution < 1.29 is 14.3 Å². The lowest BCUT2D eigenvalue weighted by atomic mass is 10.1. The maximum atomic E-state index is 12.8. The zero-order chi connectivity index (χ0) is 20.8. The van der Waals surface area contributed by atoms with Crippen molar-refractivity contribution in [3.8, 4) is 0 Å². The zero-order valence-electron chi connectivity index (χ0n) is 17.4. The highest BCUT2D eigenvalue weighted by molar-refractivity contribution is 6.06. The Balaban J connectivity index is 1.88. The lowest BCUT2D eigenvalue weighted by molar-refractivity contribution is 0.0526. The van der Waals surface area contributed by atoms with Crippen LogP contribution >= 0.6 is 0 Å². The highest BCUT2D eigenvalue weighted by Gasteiger charge is 2.21. The van der Waals surface area contributed by atoms with Crippen LogP contribution in [0.2, 0.25) is 0 Å². The smallest absolute Gasteiger partial charge is 0.338 e. The SMILES string of the molecule is CCOC(=O)c1ccc(N2CCN(CC)CC2)c(NC(=O)c2ccc(C)cc2)c1. The summed E-state index contributed by atoms with van der Waals surface area (Å²) in [7, 11) is 0. The summed E-state index contributed by atoms with van der Waals surface area (Å²) < 4.78 is 5.13. The number of benzene rings is 2. The number of carbonyl (C=O) groups is 2. The number of esters is 1. The molecule has 0 aromatic heterocycles. The van der Waals surface area contributed by atoms with Gasteiger partial charge in [0.1, 0.15) is 0 Å². The number of aryl methyl sites for hydroxylation is 1. The fourth-order valence-electron chi connectivity index (χ4n) is 3.46.